The number of cyclic esters (lactones) is 1. The van der Waals surface area contributed by atoms with E-state index in [-0.39, 0.29) is 29.6 Å². The summed E-state index contributed by atoms with van der Waals surface area (Å²) >= 11 is 0. The van der Waals surface area contributed by atoms with Gasteiger partial charge < -0.3 is 23.7 Å². The van der Waals surface area contributed by atoms with Crippen LogP contribution >= 0.6 is 0 Å². The average Bonchev–Trinajstić information content (AvgIpc) is 3.07. The summed E-state index contributed by atoms with van der Waals surface area (Å²) in [5, 5.41) is 12.7. The summed E-state index contributed by atoms with van der Waals surface area (Å²) in [5.74, 6) is 0.488. The molecule has 0 unspecified atom stereocenters. The molecule has 3 aromatic carbocycles. The average molecular weight is 695 g/mol. The first kappa shape index (κ1) is 37.3. The van der Waals surface area contributed by atoms with Gasteiger partial charge in [-0.3, -0.25) is 0 Å². The molecule has 0 bridgehead atoms. The molecule has 266 valence electrons. The molecule has 1 heterocycles. The molecule has 1 fully saturated rings. The van der Waals surface area contributed by atoms with Crippen molar-refractivity contribution < 1.29 is 28.5 Å². The third-order valence-corrected chi connectivity index (χ3v) is 14.9. The van der Waals surface area contributed by atoms with Crippen LogP contribution in [-0.2, 0) is 25.1 Å². The SMILES string of the molecule is C=C(CO[Si](c1ccccc1)(c1ccccc1)C(C)(C)C)Cc1ccc(O[C@H](/C=C/C2=CC(=O)OC(C)(C)O2)[C@@H]2CC[C@@H](C)C[C@H]2CO)cc1. The lowest BCUT2D eigenvalue weighted by molar-refractivity contribution is -0.203. The van der Waals surface area contributed by atoms with Gasteiger partial charge in [-0.05, 0) is 81.9 Å². The van der Waals surface area contributed by atoms with Crippen molar-refractivity contribution >= 4 is 24.7 Å². The van der Waals surface area contributed by atoms with Gasteiger partial charge in [0.2, 0.25) is 5.79 Å². The number of ether oxygens (including phenoxy) is 3. The van der Waals surface area contributed by atoms with E-state index < -0.39 is 20.1 Å². The molecule has 1 saturated carbocycles. The molecule has 0 saturated heterocycles. The number of hydrogen-bond donors (Lipinski definition) is 1. The van der Waals surface area contributed by atoms with Gasteiger partial charge in [-0.15, -0.1) is 0 Å². The van der Waals surface area contributed by atoms with E-state index in [2.05, 4.69) is 107 Å². The zero-order valence-corrected chi connectivity index (χ0v) is 31.6. The van der Waals surface area contributed by atoms with Crippen molar-refractivity contribution in [1.29, 1.82) is 0 Å². The van der Waals surface area contributed by atoms with Crippen LogP contribution < -0.4 is 15.1 Å². The minimum Gasteiger partial charge on any atom is -0.486 e. The van der Waals surface area contributed by atoms with Crippen LogP contribution in [0.3, 0.4) is 0 Å². The van der Waals surface area contributed by atoms with Crippen molar-refractivity contribution in [3.63, 3.8) is 0 Å². The molecule has 1 N–H and O–H groups in total. The highest BCUT2D eigenvalue weighted by molar-refractivity contribution is 6.99. The molecule has 2 aliphatic rings. The third kappa shape index (κ3) is 9.05. The predicted octanol–water partition coefficient (Wildman–Crippen LogP) is 7.90. The van der Waals surface area contributed by atoms with Gasteiger partial charge in [0.25, 0.3) is 8.32 Å². The number of aliphatic hydroxyl groups is 1. The summed E-state index contributed by atoms with van der Waals surface area (Å²) in [6.07, 6.45) is 8.44. The smallest absolute Gasteiger partial charge is 0.337 e. The first-order chi connectivity index (χ1) is 23.8. The predicted molar refractivity (Wildman–Crippen MR) is 203 cm³/mol. The number of allylic oxidation sites excluding steroid dienone is 1. The Morgan fingerprint density at radius 2 is 1.60 bits per heavy atom. The highest BCUT2D eigenvalue weighted by Gasteiger charge is 2.50. The van der Waals surface area contributed by atoms with Gasteiger partial charge in [0.1, 0.15) is 17.6 Å². The number of rotatable bonds is 13. The first-order valence-corrected chi connectivity index (χ1v) is 19.8. The molecule has 1 aliphatic carbocycles. The normalized spacial score (nSPS) is 21.5. The highest BCUT2D eigenvalue weighted by atomic mass is 28.4. The molecule has 0 aromatic heterocycles. The Morgan fingerprint density at radius 3 is 2.16 bits per heavy atom. The first-order valence-electron chi connectivity index (χ1n) is 17.9. The van der Waals surface area contributed by atoms with Crippen LogP contribution in [0, 0.1) is 17.8 Å². The van der Waals surface area contributed by atoms with Crippen LogP contribution in [0.25, 0.3) is 0 Å². The number of aliphatic hydroxyl groups excluding tert-OH is 1. The lowest BCUT2D eigenvalue weighted by Crippen LogP contribution is -2.66. The minimum atomic E-state index is -2.66. The number of esters is 1. The van der Waals surface area contributed by atoms with Gasteiger partial charge in [0.15, 0.2) is 0 Å². The second kappa shape index (κ2) is 16.0. The molecule has 5 rings (SSSR count). The maximum atomic E-state index is 12.1. The number of hydrogen-bond acceptors (Lipinski definition) is 6. The monoisotopic (exact) mass is 694 g/mol. The lowest BCUT2D eigenvalue weighted by Gasteiger charge is -2.43. The van der Waals surface area contributed by atoms with Gasteiger partial charge in [0.05, 0.1) is 12.7 Å². The Labute approximate surface area is 300 Å². The topological polar surface area (TPSA) is 74.2 Å². The molecule has 4 atom stereocenters. The Bertz CT molecular complexity index is 1600. The van der Waals surface area contributed by atoms with Crippen molar-refractivity contribution in [2.45, 2.75) is 84.2 Å². The second-order valence-electron chi connectivity index (χ2n) is 15.5. The molecular weight excluding hydrogens is 641 g/mol. The highest BCUT2D eigenvalue weighted by Crippen LogP contribution is 2.39. The fourth-order valence-electron chi connectivity index (χ4n) is 7.58. The molecular formula is C43H54O6Si. The maximum absolute atomic E-state index is 12.1. The Kier molecular flexibility index (Phi) is 11.9. The van der Waals surface area contributed by atoms with E-state index in [9.17, 15) is 9.90 Å². The fraction of sp³-hybridized carbons (Fsp3) is 0.419. The Balaban J connectivity index is 1.31. The summed E-state index contributed by atoms with van der Waals surface area (Å²) in [5.41, 5.74) is 2.14. The van der Waals surface area contributed by atoms with E-state index in [1.807, 2.05) is 18.2 Å². The second-order valence-corrected chi connectivity index (χ2v) is 19.8. The van der Waals surface area contributed by atoms with Crippen LogP contribution in [0.2, 0.25) is 5.04 Å². The summed E-state index contributed by atoms with van der Waals surface area (Å²) < 4.78 is 24.9. The zero-order valence-electron chi connectivity index (χ0n) is 30.6. The van der Waals surface area contributed by atoms with Gasteiger partial charge in [-0.25, -0.2) is 4.79 Å². The lowest BCUT2D eigenvalue weighted by atomic mass is 9.72. The van der Waals surface area contributed by atoms with Crippen LogP contribution in [-0.4, -0.2) is 44.5 Å². The van der Waals surface area contributed by atoms with Crippen molar-refractivity contribution in [2.24, 2.45) is 17.8 Å². The molecule has 6 nitrogen and oxygen atoms in total. The van der Waals surface area contributed by atoms with Crippen molar-refractivity contribution in [2.75, 3.05) is 13.2 Å². The van der Waals surface area contributed by atoms with E-state index in [0.717, 1.165) is 36.1 Å². The fourth-order valence-corrected chi connectivity index (χ4v) is 12.2. The van der Waals surface area contributed by atoms with E-state index >= 15 is 0 Å². The molecule has 7 heteroatoms. The maximum Gasteiger partial charge on any atom is 0.337 e. The largest absolute Gasteiger partial charge is 0.486 e. The van der Waals surface area contributed by atoms with Crippen LogP contribution in [0.1, 0.15) is 66.4 Å². The molecule has 3 aromatic rings. The van der Waals surface area contributed by atoms with E-state index in [1.165, 1.54) is 16.4 Å². The number of benzene rings is 3. The van der Waals surface area contributed by atoms with Crippen LogP contribution in [0.5, 0.6) is 5.75 Å². The molecule has 1 aliphatic heterocycles. The summed E-state index contributed by atoms with van der Waals surface area (Å²) in [6.45, 7) is 17.5. The van der Waals surface area contributed by atoms with E-state index in [0.29, 0.717) is 24.7 Å². The standard InChI is InChI=1S/C43H54O6Si/c1-31-18-24-39(34(27-31)29-44)40(25-23-36-28-41(45)49-43(6,7)48-36)47-35-21-19-33(20-22-35)26-32(2)30-46-50(42(3,4)5,37-14-10-8-11-15-37)38-16-12-9-13-17-38/h8-17,19-23,25,28,31,34,39-40,44H,2,18,24,26-27,29-30H2,1,3-7H3/b25-23+/t31-,34+,39-,40-/m1/s1. The summed E-state index contributed by atoms with van der Waals surface area (Å²) in [6, 6.07) is 29.5. The van der Waals surface area contributed by atoms with E-state index in [4.69, 9.17) is 18.6 Å². The van der Waals surface area contributed by atoms with Gasteiger partial charge >= 0.3 is 5.97 Å². The summed E-state index contributed by atoms with van der Waals surface area (Å²) in [7, 11) is -2.66. The molecule has 0 spiro atoms. The van der Waals surface area contributed by atoms with Crippen molar-refractivity contribution in [3.05, 3.63) is 127 Å². The molecule has 0 radical (unpaired) electrons. The Morgan fingerprint density at radius 1 is 0.980 bits per heavy atom. The van der Waals surface area contributed by atoms with Gasteiger partial charge in [0, 0.05) is 26.4 Å². The van der Waals surface area contributed by atoms with Crippen molar-refractivity contribution in [1.82, 2.24) is 0 Å². The number of carbonyl (C=O) groups is 1. The molecule has 50 heavy (non-hydrogen) atoms. The zero-order chi connectivity index (χ0) is 35.9. The van der Waals surface area contributed by atoms with Crippen LogP contribution in [0.4, 0.5) is 0 Å². The minimum absolute atomic E-state index is 0.107. The Hall–Kier alpha value is -3.91. The van der Waals surface area contributed by atoms with Gasteiger partial charge in [-0.1, -0.05) is 113 Å². The summed E-state index contributed by atoms with van der Waals surface area (Å²) in [4.78, 5) is 12.1. The van der Waals surface area contributed by atoms with Gasteiger partial charge in [-0.2, -0.15) is 0 Å². The molecule has 0 amide bonds. The quantitative estimate of drug-likeness (QED) is 0.111. The number of carbonyl (C=O) groups excluding carboxylic acids is 1. The van der Waals surface area contributed by atoms with Crippen LogP contribution in [0.15, 0.2) is 121 Å². The van der Waals surface area contributed by atoms with Crippen molar-refractivity contribution in [3.8, 4) is 5.75 Å². The third-order valence-electron chi connectivity index (χ3n) is 9.94. The van der Waals surface area contributed by atoms with E-state index in [1.54, 1.807) is 19.9 Å².